The Balaban J connectivity index is 1.67. The SMILES string of the molecule is CCOc1ccc(C2/C(=C(\O)c3ccc(F)cc3)C(=O)C(=O)N2c2nc3ccc(OCC)cc3s2)cc1. The van der Waals surface area contributed by atoms with Gasteiger partial charge in [0.15, 0.2) is 5.13 Å². The number of ether oxygens (including phenoxy) is 2. The van der Waals surface area contributed by atoms with Gasteiger partial charge in [-0.1, -0.05) is 23.5 Å². The lowest BCUT2D eigenvalue weighted by molar-refractivity contribution is -0.132. The van der Waals surface area contributed by atoms with Crippen LogP contribution in [0, 0.1) is 5.82 Å². The zero-order valence-corrected chi connectivity index (χ0v) is 20.9. The normalized spacial score (nSPS) is 16.9. The van der Waals surface area contributed by atoms with Gasteiger partial charge in [-0.3, -0.25) is 14.5 Å². The third kappa shape index (κ3) is 4.53. The number of hydrogen-bond acceptors (Lipinski definition) is 7. The first kappa shape index (κ1) is 24.5. The van der Waals surface area contributed by atoms with Crippen molar-refractivity contribution >= 4 is 44.1 Å². The lowest BCUT2D eigenvalue weighted by Crippen LogP contribution is -2.29. The maximum Gasteiger partial charge on any atom is 0.301 e. The Labute approximate surface area is 216 Å². The summed E-state index contributed by atoms with van der Waals surface area (Å²) in [6, 6.07) is 16.5. The zero-order chi connectivity index (χ0) is 26.1. The molecule has 5 rings (SSSR count). The number of carbonyl (C=O) groups is 2. The minimum Gasteiger partial charge on any atom is -0.507 e. The smallest absolute Gasteiger partial charge is 0.301 e. The van der Waals surface area contributed by atoms with Crippen molar-refractivity contribution in [1.82, 2.24) is 4.98 Å². The molecule has 0 bridgehead atoms. The van der Waals surface area contributed by atoms with Gasteiger partial charge in [-0.25, -0.2) is 9.37 Å². The highest BCUT2D eigenvalue weighted by Gasteiger charge is 2.48. The molecule has 1 unspecified atom stereocenters. The minimum absolute atomic E-state index is 0.102. The van der Waals surface area contributed by atoms with Gasteiger partial charge in [0.25, 0.3) is 5.78 Å². The number of amides is 1. The number of aromatic nitrogens is 1. The Morgan fingerprint density at radius 2 is 1.62 bits per heavy atom. The number of aliphatic hydroxyl groups excluding tert-OH is 1. The van der Waals surface area contributed by atoms with Gasteiger partial charge in [-0.15, -0.1) is 0 Å². The van der Waals surface area contributed by atoms with Crippen LogP contribution in [-0.4, -0.2) is 35.0 Å². The average molecular weight is 519 g/mol. The summed E-state index contributed by atoms with van der Waals surface area (Å²) < 4.78 is 25.4. The Hall–Kier alpha value is -4.24. The number of hydrogen-bond donors (Lipinski definition) is 1. The highest BCUT2D eigenvalue weighted by molar-refractivity contribution is 7.22. The summed E-state index contributed by atoms with van der Waals surface area (Å²) in [5, 5.41) is 11.5. The number of halogens is 1. The van der Waals surface area contributed by atoms with E-state index in [1.54, 1.807) is 36.4 Å². The molecule has 0 aliphatic carbocycles. The van der Waals surface area contributed by atoms with Crippen LogP contribution in [-0.2, 0) is 9.59 Å². The second kappa shape index (κ2) is 10.0. The summed E-state index contributed by atoms with van der Waals surface area (Å²) in [6.45, 7) is 4.75. The van der Waals surface area contributed by atoms with Crippen molar-refractivity contribution in [2.75, 3.05) is 18.1 Å². The fourth-order valence-corrected chi connectivity index (χ4v) is 5.29. The van der Waals surface area contributed by atoms with E-state index >= 15 is 0 Å². The molecule has 9 heteroatoms. The van der Waals surface area contributed by atoms with E-state index in [2.05, 4.69) is 4.98 Å². The summed E-state index contributed by atoms with van der Waals surface area (Å²) >= 11 is 1.24. The van der Waals surface area contributed by atoms with Crippen molar-refractivity contribution in [3.05, 3.63) is 89.2 Å². The van der Waals surface area contributed by atoms with Crippen molar-refractivity contribution < 1.29 is 28.6 Å². The molecule has 1 fully saturated rings. The molecule has 4 aromatic rings. The van der Waals surface area contributed by atoms with Gasteiger partial charge in [0.2, 0.25) is 0 Å². The van der Waals surface area contributed by atoms with Gasteiger partial charge < -0.3 is 14.6 Å². The summed E-state index contributed by atoms with van der Waals surface area (Å²) in [6.07, 6.45) is 0. The zero-order valence-electron chi connectivity index (χ0n) is 20.1. The van der Waals surface area contributed by atoms with Gasteiger partial charge in [0, 0.05) is 5.56 Å². The molecular formula is C28H23FN2O5S. The molecule has 1 aliphatic rings. The first-order valence-corrected chi connectivity index (χ1v) is 12.6. The predicted octanol–water partition coefficient (Wildman–Crippen LogP) is 5.86. The molecule has 7 nitrogen and oxygen atoms in total. The van der Waals surface area contributed by atoms with E-state index in [0.29, 0.717) is 40.9 Å². The minimum atomic E-state index is -0.951. The largest absolute Gasteiger partial charge is 0.507 e. The van der Waals surface area contributed by atoms with Crippen molar-refractivity contribution in [3.63, 3.8) is 0 Å². The molecule has 1 aliphatic heterocycles. The van der Waals surface area contributed by atoms with E-state index in [-0.39, 0.29) is 16.9 Å². The molecule has 188 valence electrons. The van der Waals surface area contributed by atoms with Crippen LogP contribution in [0.2, 0.25) is 0 Å². The summed E-state index contributed by atoms with van der Waals surface area (Å²) in [5.74, 6) is -1.24. The van der Waals surface area contributed by atoms with Gasteiger partial charge >= 0.3 is 5.91 Å². The van der Waals surface area contributed by atoms with Crippen molar-refractivity contribution in [2.45, 2.75) is 19.9 Å². The van der Waals surface area contributed by atoms with Gasteiger partial charge in [0.1, 0.15) is 23.1 Å². The number of carbonyl (C=O) groups excluding carboxylic acids is 2. The maximum atomic E-state index is 13.5. The highest BCUT2D eigenvalue weighted by Crippen LogP contribution is 2.44. The van der Waals surface area contributed by atoms with E-state index < -0.39 is 23.5 Å². The average Bonchev–Trinajstić information content (AvgIpc) is 3.43. The second-order valence-electron chi connectivity index (χ2n) is 8.24. The monoisotopic (exact) mass is 518 g/mol. The van der Waals surface area contributed by atoms with Crippen molar-refractivity contribution in [1.29, 1.82) is 0 Å². The number of fused-ring (bicyclic) bond motifs is 1. The fourth-order valence-electron chi connectivity index (χ4n) is 4.27. The first-order valence-electron chi connectivity index (χ1n) is 11.7. The maximum absolute atomic E-state index is 13.5. The molecule has 1 atom stereocenters. The number of Topliss-reactive ketones (excluding diaryl/α,β-unsaturated/α-hetero) is 1. The molecule has 0 radical (unpaired) electrons. The molecule has 1 N–H and O–H groups in total. The van der Waals surface area contributed by atoms with Gasteiger partial charge in [0.05, 0.1) is 35.0 Å². The lowest BCUT2D eigenvalue weighted by Gasteiger charge is -2.23. The number of rotatable bonds is 7. The van der Waals surface area contributed by atoms with Crippen molar-refractivity contribution in [3.8, 4) is 11.5 Å². The lowest BCUT2D eigenvalue weighted by atomic mass is 9.95. The summed E-state index contributed by atoms with van der Waals surface area (Å²) in [7, 11) is 0. The number of aliphatic hydroxyl groups is 1. The topological polar surface area (TPSA) is 89.0 Å². The third-order valence-electron chi connectivity index (χ3n) is 5.93. The highest BCUT2D eigenvalue weighted by atomic mass is 32.1. The fraction of sp³-hybridized carbons (Fsp3) is 0.179. The quantitative estimate of drug-likeness (QED) is 0.187. The van der Waals surface area contributed by atoms with Crippen LogP contribution in [0.3, 0.4) is 0 Å². The molecule has 2 heterocycles. The van der Waals surface area contributed by atoms with Crippen LogP contribution < -0.4 is 14.4 Å². The second-order valence-corrected chi connectivity index (χ2v) is 9.25. The van der Waals surface area contributed by atoms with Crippen LogP contribution in [0.1, 0.15) is 31.0 Å². The standard InChI is InChI=1S/C28H23FN2O5S/c1-3-35-19-11-7-16(8-12-19)24-23(25(32)17-5-9-18(29)10-6-17)26(33)27(34)31(24)28-30-21-14-13-20(36-4-2)15-22(21)37-28/h5-15,24,32H,3-4H2,1-2H3/b25-23+. The molecule has 1 saturated heterocycles. The van der Waals surface area contributed by atoms with E-state index in [1.165, 1.54) is 40.5 Å². The van der Waals surface area contributed by atoms with E-state index in [0.717, 1.165) is 4.70 Å². The molecule has 3 aromatic carbocycles. The summed E-state index contributed by atoms with van der Waals surface area (Å²) in [4.78, 5) is 32.6. The van der Waals surface area contributed by atoms with E-state index in [1.807, 2.05) is 19.9 Å². The molecule has 37 heavy (non-hydrogen) atoms. The van der Waals surface area contributed by atoms with Crippen molar-refractivity contribution in [2.24, 2.45) is 0 Å². The van der Waals surface area contributed by atoms with Crippen LogP contribution in [0.4, 0.5) is 9.52 Å². The van der Waals surface area contributed by atoms with Crippen LogP contribution in [0.25, 0.3) is 16.0 Å². The van der Waals surface area contributed by atoms with Gasteiger partial charge in [-0.05, 0) is 74.0 Å². The number of anilines is 1. The van der Waals surface area contributed by atoms with E-state index in [4.69, 9.17) is 9.47 Å². The number of ketones is 1. The Kier molecular flexibility index (Phi) is 6.62. The first-order chi connectivity index (χ1) is 17.9. The Morgan fingerprint density at radius 3 is 2.30 bits per heavy atom. The Morgan fingerprint density at radius 1 is 0.973 bits per heavy atom. The number of thiazole rings is 1. The summed E-state index contributed by atoms with van der Waals surface area (Å²) in [5.41, 5.74) is 1.35. The van der Waals surface area contributed by atoms with Crippen LogP contribution in [0.5, 0.6) is 11.5 Å². The van der Waals surface area contributed by atoms with Crippen LogP contribution in [0.15, 0.2) is 72.3 Å². The Bertz CT molecular complexity index is 1510. The molecule has 0 spiro atoms. The van der Waals surface area contributed by atoms with E-state index in [9.17, 15) is 19.1 Å². The number of benzene rings is 3. The third-order valence-corrected chi connectivity index (χ3v) is 6.95. The number of nitrogens with zero attached hydrogens (tertiary/aromatic N) is 2. The molecule has 1 amide bonds. The van der Waals surface area contributed by atoms with Gasteiger partial charge in [-0.2, -0.15) is 0 Å². The van der Waals surface area contributed by atoms with Crippen LogP contribution >= 0.6 is 11.3 Å². The molecule has 1 aromatic heterocycles. The molecular weight excluding hydrogens is 495 g/mol. The predicted molar refractivity (Wildman–Crippen MR) is 140 cm³/mol. The molecule has 0 saturated carbocycles.